The van der Waals surface area contributed by atoms with Crippen LogP contribution in [0.15, 0.2) is 30.3 Å². The fraction of sp³-hybridized carbons (Fsp3) is 0.710. The third kappa shape index (κ3) is 5.47. The lowest BCUT2D eigenvalue weighted by Gasteiger charge is -2.40. The number of hydrogen-bond donors (Lipinski definition) is 3. The molecule has 1 aromatic rings. The average molecular weight is 542 g/mol. The highest BCUT2D eigenvalue weighted by Crippen LogP contribution is 2.63. The van der Waals surface area contributed by atoms with Gasteiger partial charge in [0.15, 0.2) is 0 Å². The smallest absolute Gasteiger partial charge is 0.246 e. The molecule has 3 heterocycles. The molecule has 1 spiro atoms. The van der Waals surface area contributed by atoms with Crippen molar-refractivity contribution in [1.82, 2.24) is 10.2 Å². The van der Waals surface area contributed by atoms with E-state index < -0.39 is 40.7 Å². The molecule has 3 N–H and O–H groups in total. The van der Waals surface area contributed by atoms with Crippen molar-refractivity contribution in [3.8, 4) is 0 Å². The van der Waals surface area contributed by atoms with Crippen LogP contribution in [0.2, 0.25) is 0 Å². The van der Waals surface area contributed by atoms with Crippen molar-refractivity contribution in [1.29, 1.82) is 0 Å². The SMILES string of the molecule is CC(C)C[C@H](CO)N1C(=O)[C@@H]2[C@H](C(=O)Nc3ccccc3)[C@]3(C)CCC2(O3)C1C(=O)NC(C)(C)CC(C)(C)C. The van der Waals surface area contributed by atoms with Crippen LogP contribution in [-0.4, -0.2) is 63.2 Å². The first kappa shape index (κ1) is 29.5. The molecule has 3 fully saturated rings. The minimum atomic E-state index is -1.13. The molecule has 8 heteroatoms. The first-order chi connectivity index (χ1) is 18.0. The van der Waals surface area contributed by atoms with E-state index in [1.807, 2.05) is 65.0 Å². The standard InChI is InChI=1S/C31H47N3O5/c1-19(2)16-21(17-35)34-24(26(37)33-29(6,7)18-28(3,4)5)31-15-14-30(8,39-31)22(23(31)27(34)38)25(36)32-20-12-10-9-11-13-20/h9-13,19,21-24,35H,14-18H2,1-8H3,(H,32,36)(H,33,37)/t21-,22-,23+,24?,30+,31?/m1/s1. The Bertz CT molecular complexity index is 1100. The molecule has 3 aliphatic rings. The summed E-state index contributed by atoms with van der Waals surface area (Å²) >= 11 is 0. The van der Waals surface area contributed by atoms with Gasteiger partial charge in [0, 0.05) is 11.2 Å². The Hall–Kier alpha value is -2.45. The van der Waals surface area contributed by atoms with E-state index in [1.165, 1.54) is 0 Å². The summed E-state index contributed by atoms with van der Waals surface area (Å²) in [7, 11) is 0. The minimum absolute atomic E-state index is 0.0233. The third-order valence-electron chi connectivity index (χ3n) is 8.57. The van der Waals surface area contributed by atoms with E-state index in [-0.39, 0.29) is 35.7 Å². The number of nitrogens with one attached hydrogen (secondary N) is 2. The Morgan fingerprint density at radius 3 is 2.31 bits per heavy atom. The van der Waals surface area contributed by atoms with Crippen LogP contribution in [0.3, 0.4) is 0 Å². The molecule has 6 atom stereocenters. The van der Waals surface area contributed by atoms with E-state index >= 15 is 0 Å². The molecule has 0 radical (unpaired) electrons. The highest BCUT2D eigenvalue weighted by molar-refractivity contribution is 6.02. The van der Waals surface area contributed by atoms with Crippen LogP contribution in [-0.2, 0) is 19.1 Å². The van der Waals surface area contributed by atoms with Gasteiger partial charge in [0.25, 0.3) is 0 Å². The molecule has 39 heavy (non-hydrogen) atoms. The fourth-order valence-electron chi connectivity index (χ4n) is 7.79. The summed E-state index contributed by atoms with van der Waals surface area (Å²) in [6, 6.07) is 7.70. The quantitative estimate of drug-likeness (QED) is 0.436. The summed E-state index contributed by atoms with van der Waals surface area (Å²) in [5.41, 5.74) is -1.90. The number of carbonyl (C=O) groups is 3. The number of ether oxygens (including phenoxy) is 1. The van der Waals surface area contributed by atoms with Gasteiger partial charge in [-0.1, -0.05) is 52.8 Å². The lowest BCUT2D eigenvalue weighted by atomic mass is 9.66. The second-order valence-corrected chi connectivity index (χ2v) is 14.4. The topological polar surface area (TPSA) is 108 Å². The Labute approximate surface area is 233 Å². The van der Waals surface area contributed by atoms with Gasteiger partial charge in [-0.05, 0) is 69.9 Å². The number of fused-ring (bicyclic) bond motifs is 1. The monoisotopic (exact) mass is 541 g/mol. The Morgan fingerprint density at radius 2 is 1.74 bits per heavy atom. The van der Waals surface area contributed by atoms with Gasteiger partial charge in [-0.15, -0.1) is 0 Å². The van der Waals surface area contributed by atoms with Crippen molar-refractivity contribution in [2.24, 2.45) is 23.2 Å². The Morgan fingerprint density at radius 1 is 1.10 bits per heavy atom. The zero-order valence-electron chi connectivity index (χ0n) is 24.8. The summed E-state index contributed by atoms with van der Waals surface area (Å²) in [6.07, 6.45) is 2.35. The van der Waals surface area contributed by atoms with Gasteiger partial charge in [0.05, 0.1) is 30.1 Å². The predicted molar refractivity (Wildman–Crippen MR) is 151 cm³/mol. The summed E-state index contributed by atoms with van der Waals surface area (Å²) in [6.45, 7) is 16.1. The molecule has 3 amide bonds. The van der Waals surface area contributed by atoms with Crippen LogP contribution in [0.4, 0.5) is 5.69 Å². The number of aliphatic hydroxyl groups is 1. The van der Waals surface area contributed by atoms with E-state index in [2.05, 4.69) is 31.4 Å². The molecule has 8 nitrogen and oxygen atoms in total. The molecular weight excluding hydrogens is 494 g/mol. The summed E-state index contributed by atoms with van der Waals surface area (Å²) in [5, 5.41) is 16.7. The second kappa shape index (κ2) is 10.2. The number of likely N-dealkylation sites (tertiary alicyclic amines) is 1. The van der Waals surface area contributed by atoms with E-state index in [9.17, 15) is 19.5 Å². The minimum Gasteiger partial charge on any atom is -0.394 e. The van der Waals surface area contributed by atoms with Gasteiger partial charge in [-0.25, -0.2) is 0 Å². The number of amides is 3. The maximum Gasteiger partial charge on any atom is 0.246 e. The number of aliphatic hydroxyl groups excluding tert-OH is 1. The maximum absolute atomic E-state index is 14.3. The molecule has 2 bridgehead atoms. The van der Waals surface area contributed by atoms with Gasteiger partial charge in [-0.3, -0.25) is 14.4 Å². The van der Waals surface area contributed by atoms with Crippen LogP contribution in [0.5, 0.6) is 0 Å². The van der Waals surface area contributed by atoms with Crippen molar-refractivity contribution >= 4 is 23.4 Å². The van der Waals surface area contributed by atoms with Crippen molar-refractivity contribution in [2.75, 3.05) is 11.9 Å². The highest BCUT2D eigenvalue weighted by Gasteiger charge is 2.78. The van der Waals surface area contributed by atoms with E-state index in [0.29, 0.717) is 24.9 Å². The molecule has 2 unspecified atom stereocenters. The van der Waals surface area contributed by atoms with E-state index in [1.54, 1.807) is 4.90 Å². The number of rotatable bonds is 9. The van der Waals surface area contributed by atoms with Gasteiger partial charge in [-0.2, -0.15) is 0 Å². The zero-order valence-corrected chi connectivity index (χ0v) is 24.8. The fourth-order valence-corrected chi connectivity index (χ4v) is 7.79. The van der Waals surface area contributed by atoms with Crippen LogP contribution in [0.1, 0.15) is 81.1 Å². The highest BCUT2D eigenvalue weighted by atomic mass is 16.5. The zero-order chi connectivity index (χ0) is 29.0. The lowest BCUT2D eigenvalue weighted by molar-refractivity contribution is -0.150. The van der Waals surface area contributed by atoms with Crippen molar-refractivity contribution in [2.45, 2.75) is 110 Å². The molecule has 1 aromatic carbocycles. The molecule has 3 aliphatic heterocycles. The average Bonchev–Trinajstić information content (AvgIpc) is 3.36. The molecule has 4 rings (SSSR count). The number of benzene rings is 1. The third-order valence-corrected chi connectivity index (χ3v) is 8.57. The summed E-state index contributed by atoms with van der Waals surface area (Å²) < 4.78 is 6.73. The molecule has 0 saturated carbocycles. The molecule has 216 valence electrons. The first-order valence-corrected chi connectivity index (χ1v) is 14.3. The largest absolute Gasteiger partial charge is 0.394 e. The Kier molecular flexibility index (Phi) is 7.71. The van der Waals surface area contributed by atoms with Crippen LogP contribution in [0, 0.1) is 23.2 Å². The molecule has 0 aromatic heterocycles. The molecule has 3 saturated heterocycles. The van der Waals surface area contributed by atoms with E-state index in [0.717, 1.165) is 6.42 Å². The lowest BCUT2D eigenvalue weighted by Crippen LogP contribution is -2.61. The van der Waals surface area contributed by atoms with Crippen molar-refractivity contribution in [3.63, 3.8) is 0 Å². The van der Waals surface area contributed by atoms with Crippen molar-refractivity contribution < 1.29 is 24.2 Å². The van der Waals surface area contributed by atoms with E-state index in [4.69, 9.17) is 4.74 Å². The number of nitrogens with zero attached hydrogens (tertiary/aromatic N) is 1. The number of para-hydroxylation sites is 1. The van der Waals surface area contributed by atoms with Crippen LogP contribution in [0.25, 0.3) is 0 Å². The number of anilines is 1. The van der Waals surface area contributed by atoms with Crippen molar-refractivity contribution in [3.05, 3.63) is 30.3 Å². The normalized spacial score (nSPS) is 31.0. The maximum atomic E-state index is 14.3. The summed E-state index contributed by atoms with van der Waals surface area (Å²) in [5.74, 6) is -2.19. The van der Waals surface area contributed by atoms with Gasteiger partial charge in [0.2, 0.25) is 17.7 Å². The predicted octanol–water partition coefficient (Wildman–Crippen LogP) is 4.13. The number of hydrogen-bond acceptors (Lipinski definition) is 5. The second-order valence-electron chi connectivity index (χ2n) is 14.4. The van der Waals surface area contributed by atoms with Crippen LogP contribution >= 0.6 is 0 Å². The van der Waals surface area contributed by atoms with Gasteiger partial charge < -0.3 is 25.4 Å². The Balaban J connectivity index is 1.74. The summed E-state index contributed by atoms with van der Waals surface area (Å²) in [4.78, 5) is 43.9. The first-order valence-electron chi connectivity index (χ1n) is 14.3. The molecule has 0 aliphatic carbocycles. The van der Waals surface area contributed by atoms with Gasteiger partial charge >= 0.3 is 0 Å². The number of carbonyl (C=O) groups excluding carboxylic acids is 3. The van der Waals surface area contributed by atoms with Crippen LogP contribution < -0.4 is 10.6 Å². The molecular formula is C31H47N3O5. The van der Waals surface area contributed by atoms with Gasteiger partial charge in [0.1, 0.15) is 11.6 Å².